The van der Waals surface area contributed by atoms with Crippen molar-refractivity contribution in [3.8, 4) is 0 Å². The molecule has 1 atom stereocenters. The van der Waals surface area contributed by atoms with Gasteiger partial charge < -0.3 is 19.9 Å². The van der Waals surface area contributed by atoms with E-state index in [1.54, 1.807) is 61.5 Å². The van der Waals surface area contributed by atoms with E-state index in [4.69, 9.17) is 16.3 Å². The number of hydrogen-bond donors (Lipinski definition) is 2. The first-order valence-electron chi connectivity index (χ1n) is 12.5. The summed E-state index contributed by atoms with van der Waals surface area (Å²) in [6, 6.07) is 13.0. The van der Waals surface area contributed by atoms with Gasteiger partial charge in [0.1, 0.15) is 0 Å². The summed E-state index contributed by atoms with van der Waals surface area (Å²) >= 11 is 7.45. The third-order valence-corrected chi connectivity index (χ3v) is 6.79. The maximum absolute atomic E-state index is 13.0. The van der Waals surface area contributed by atoms with Crippen molar-refractivity contribution in [3.05, 3.63) is 83.2 Å². The summed E-state index contributed by atoms with van der Waals surface area (Å²) in [6.07, 6.45) is 2.33. The second-order valence-corrected chi connectivity index (χ2v) is 10.4. The summed E-state index contributed by atoms with van der Waals surface area (Å²) in [5.41, 5.74) is 1.22. The molecule has 3 aromatic rings. The van der Waals surface area contributed by atoms with E-state index < -0.39 is 12.0 Å². The Bertz CT molecular complexity index is 1330. The third kappa shape index (κ3) is 8.43. The maximum Gasteiger partial charge on any atom is 0.338 e. The number of benzene rings is 2. The minimum absolute atomic E-state index is 0.0553. The van der Waals surface area contributed by atoms with Crippen molar-refractivity contribution < 1.29 is 19.1 Å². The zero-order valence-electron chi connectivity index (χ0n) is 22.1. The Kier molecular flexibility index (Phi) is 11.1. The van der Waals surface area contributed by atoms with E-state index in [2.05, 4.69) is 41.3 Å². The lowest BCUT2D eigenvalue weighted by molar-refractivity contribution is -0.113. The van der Waals surface area contributed by atoms with E-state index in [1.165, 1.54) is 11.8 Å². The van der Waals surface area contributed by atoms with E-state index >= 15 is 0 Å². The van der Waals surface area contributed by atoms with Gasteiger partial charge in [0, 0.05) is 12.2 Å². The van der Waals surface area contributed by atoms with Crippen LogP contribution in [0.15, 0.2) is 66.3 Å². The number of carbonyl (C=O) groups is 3. The van der Waals surface area contributed by atoms with Gasteiger partial charge >= 0.3 is 5.97 Å². The van der Waals surface area contributed by atoms with Crippen LogP contribution in [0.2, 0.25) is 5.02 Å². The second kappa shape index (κ2) is 14.5. The van der Waals surface area contributed by atoms with Crippen LogP contribution in [0.4, 0.5) is 5.69 Å². The van der Waals surface area contributed by atoms with Crippen LogP contribution in [-0.2, 0) is 16.1 Å². The monoisotopic (exact) mass is 569 g/mol. The number of anilines is 1. The topological polar surface area (TPSA) is 115 Å². The van der Waals surface area contributed by atoms with Crippen LogP contribution in [0.5, 0.6) is 0 Å². The largest absolute Gasteiger partial charge is 0.462 e. The van der Waals surface area contributed by atoms with Crippen LogP contribution < -0.4 is 10.6 Å². The number of halogens is 1. The third-order valence-electron chi connectivity index (χ3n) is 5.49. The van der Waals surface area contributed by atoms with Crippen LogP contribution in [0.25, 0.3) is 0 Å². The number of thioether (sulfide) groups is 1. The fourth-order valence-electron chi connectivity index (χ4n) is 3.81. The molecule has 11 heteroatoms. The lowest BCUT2D eigenvalue weighted by Crippen LogP contribution is -2.32. The predicted octanol–water partition coefficient (Wildman–Crippen LogP) is 5.54. The Hall–Kier alpha value is -3.63. The van der Waals surface area contributed by atoms with Gasteiger partial charge in [-0.25, -0.2) is 4.79 Å². The first kappa shape index (κ1) is 29.9. The average molecular weight is 570 g/mol. The highest BCUT2D eigenvalue weighted by Gasteiger charge is 2.25. The van der Waals surface area contributed by atoms with E-state index in [1.807, 2.05) is 4.57 Å². The maximum atomic E-state index is 13.0. The Balaban J connectivity index is 1.74. The van der Waals surface area contributed by atoms with Crippen molar-refractivity contribution in [1.29, 1.82) is 0 Å². The zero-order chi connectivity index (χ0) is 28.4. The molecule has 2 aromatic carbocycles. The number of esters is 1. The molecule has 0 radical (unpaired) electrons. The summed E-state index contributed by atoms with van der Waals surface area (Å²) < 4.78 is 6.85. The lowest BCUT2D eigenvalue weighted by Gasteiger charge is -2.21. The molecule has 1 aromatic heterocycles. The van der Waals surface area contributed by atoms with Crippen molar-refractivity contribution >= 4 is 46.8 Å². The van der Waals surface area contributed by atoms with Gasteiger partial charge in [-0.3, -0.25) is 9.59 Å². The first-order valence-corrected chi connectivity index (χ1v) is 13.9. The molecule has 0 saturated heterocycles. The molecule has 0 bridgehead atoms. The van der Waals surface area contributed by atoms with E-state index in [0.717, 1.165) is 0 Å². The molecule has 1 heterocycles. The average Bonchev–Trinajstić information content (AvgIpc) is 3.30. The number of allylic oxidation sites excluding steroid dienone is 1. The number of nitrogens with zero attached hydrogens (tertiary/aromatic N) is 3. The van der Waals surface area contributed by atoms with Crippen molar-refractivity contribution in [1.82, 2.24) is 20.1 Å². The quantitative estimate of drug-likeness (QED) is 0.158. The number of nitrogens with one attached hydrogen (secondary N) is 2. The summed E-state index contributed by atoms with van der Waals surface area (Å²) in [5.74, 6) is -0.165. The molecular weight excluding hydrogens is 538 g/mol. The fraction of sp³-hybridized carbons (Fsp3) is 0.321. The minimum atomic E-state index is -0.453. The molecule has 3 rings (SSSR count). The highest BCUT2D eigenvalue weighted by atomic mass is 35.5. The Morgan fingerprint density at radius 3 is 2.62 bits per heavy atom. The second-order valence-electron chi connectivity index (χ2n) is 9.01. The number of rotatable bonds is 13. The van der Waals surface area contributed by atoms with Gasteiger partial charge in [0.15, 0.2) is 11.0 Å². The number of amides is 2. The lowest BCUT2D eigenvalue weighted by atomic mass is 10.0. The summed E-state index contributed by atoms with van der Waals surface area (Å²) in [6.45, 7) is 10.3. The number of hydrogen-bond acceptors (Lipinski definition) is 7. The molecule has 2 amide bonds. The zero-order valence-corrected chi connectivity index (χ0v) is 23.7. The number of carbonyl (C=O) groups excluding carboxylic acids is 3. The smallest absolute Gasteiger partial charge is 0.338 e. The Morgan fingerprint density at radius 1 is 1.15 bits per heavy atom. The molecular formula is C28H32ClN5O4S. The molecule has 0 spiro atoms. The first-order chi connectivity index (χ1) is 18.7. The SMILES string of the molecule is C=CCn1c(SCC(=O)Nc2cccc(C(=O)OCC)c2)nnc1[C@@H](CC(C)C)NC(=O)c1ccccc1Cl. The van der Waals surface area contributed by atoms with Crippen LogP contribution in [0, 0.1) is 5.92 Å². The highest BCUT2D eigenvalue weighted by Crippen LogP contribution is 2.26. The van der Waals surface area contributed by atoms with Gasteiger partial charge in [-0.2, -0.15) is 0 Å². The fourth-order valence-corrected chi connectivity index (χ4v) is 4.79. The van der Waals surface area contributed by atoms with Crippen molar-refractivity contribution in [2.24, 2.45) is 5.92 Å². The molecule has 0 unspecified atom stereocenters. The number of aromatic nitrogens is 3. The molecule has 9 nitrogen and oxygen atoms in total. The normalized spacial score (nSPS) is 11.6. The van der Waals surface area contributed by atoms with Gasteiger partial charge in [0.2, 0.25) is 5.91 Å². The molecule has 39 heavy (non-hydrogen) atoms. The van der Waals surface area contributed by atoms with Crippen molar-refractivity contribution in [2.75, 3.05) is 17.7 Å². The van der Waals surface area contributed by atoms with E-state index in [0.29, 0.717) is 45.8 Å². The highest BCUT2D eigenvalue weighted by molar-refractivity contribution is 7.99. The van der Waals surface area contributed by atoms with Gasteiger partial charge in [0.05, 0.1) is 34.6 Å². The van der Waals surface area contributed by atoms with Gasteiger partial charge in [-0.1, -0.05) is 61.5 Å². The molecule has 0 aliphatic rings. The number of ether oxygens (including phenoxy) is 1. The van der Waals surface area contributed by atoms with E-state index in [9.17, 15) is 14.4 Å². The summed E-state index contributed by atoms with van der Waals surface area (Å²) in [7, 11) is 0. The molecule has 2 N–H and O–H groups in total. The van der Waals surface area contributed by atoms with Crippen molar-refractivity contribution in [2.45, 2.75) is 44.9 Å². The molecule has 206 valence electrons. The standard InChI is InChI=1S/C28H32ClN5O4S/c1-5-14-34-25(23(15-18(3)4)31-26(36)21-12-7-8-13-22(21)29)32-33-28(34)39-17-24(35)30-20-11-9-10-19(16-20)27(37)38-6-2/h5,7-13,16,18,23H,1,6,14-15,17H2,2-4H3,(H,30,35)(H,31,36)/t23-/m1/s1. The Morgan fingerprint density at radius 2 is 1.92 bits per heavy atom. The van der Waals surface area contributed by atoms with Crippen LogP contribution in [0.3, 0.4) is 0 Å². The van der Waals surface area contributed by atoms with Crippen LogP contribution in [0.1, 0.15) is 59.8 Å². The van der Waals surface area contributed by atoms with Gasteiger partial charge in [-0.15, -0.1) is 16.8 Å². The van der Waals surface area contributed by atoms with E-state index in [-0.39, 0.29) is 30.1 Å². The molecule has 0 saturated carbocycles. The molecule has 0 aliphatic carbocycles. The molecule has 0 fully saturated rings. The van der Waals surface area contributed by atoms with Crippen LogP contribution in [-0.4, -0.2) is 44.9 Å². The van der Waals surface area contributed by atoms with Crippen molar-refractivity contribution in [3.63, 3.8) is 0 Å². The summed E-state index contributed by atoms with van der Waals surface area (Å²) in [4.78, 5) is 37.7. The predicted molar refractivity (Wildman–Crippen MR) is 153 cm³/mol. The van der Waals surface area contributed by atoms with Gasteiger partial charge in [0.25, 0.3) is 5.91 Å². The van der Waals surface area contributed by atoms with Gasteiger partial charge in [-0.05, 0) is 49.6 Å². The molecule has 0 aliphatic heterocycles. The minimum Gasteiger partial charge on any atom is -0.462 e. The van der Waals surface area contributed by atoms with Crippen LogP contribution >= 0.6 is 23.4 Å². The Labute approximate surface area is 237 Å². The summed E-state index contributed by atoms with van der Waals surface area (Å²) in [5, 5.41) is 15.4.